The van der Waals surface area contributed by atoms with Crippen LogP contribution in [-0.4, -0.2) is 19.3 Å². The average molecular weight is 237 g/mol. The highest BCUT2D eigenvalue weighted by Crippen LogP contribution is 2.39. The molecule has 1 aromatic rings. The molecule has 0 saturated carbocycles. The van der Waals surface area contributed by atoms with Crippen LogP contribution in [0.1, 0.15) is 36.6 Å². The summed E-state index contributed by atoms with van der Waals surface area (Å²) in [7, 11) is 0. The van der Waals surface area contributed by atoms with Gasteiger partial charge in [0.2, 0.25) is 0 Å². The number of fused-ring (bicyclic) bond motifs is 1. The highest BCUT2D eigenvalue weighted by Gasteiger charge is 2.41. The third-order valence-corrected chi connectivity index (χ3v) is 5.12. The Kier molecular flexibility index (Phi) is 2.78. The van der Waals surface area contributed by atoms with Crippen LogP contribution in [0.5, 0.6) is 0 Å². The van der Waals surface area contributed by atoms with Gasteiger partial charge in [0, 0.05) is 18.0 Å². The first-order chi connectivity index (χ1) is 7.81. The molecule has 2 aliphatic heterocycles. The molecule has 0 aromatic carbocycles. The van der Waals surface area contributed by atoms with E-state index in [0.29, 0.717) is 6.10 Å². The van der Waals surface area contributed by atoms with Crippen molar-refractivity contribution in [2.75, 3.05) is 13.2 Å². The van der Waals surface area contributed by atoms with Crippen molar-refractivity contribution >= 4 is 11.3 Å². The number of hydrogen-bond donors (Lipinski definition) is 1. The predicted molar refractivity (Wildman–Crippen MR) is 67.0 cm³/mol. The largest absolute Gasteiger partial charge is 0.376 e. The normalized spacial score (nSPS) is 34.7. The fraction of sp³-hybridized carbons (Fsp3) is 0.692. The zero-order chi connectivity index (χ0) is 11.0. The number of hydrogen-bond acceptors (Lipinski definition) is 3. The summed E-state index contributed by atoms with van der Waals surface area (Å²) < 4.78 is 5.99. The van der Waals surface area contributed by atoms with Gasteiger partial charge in [0.25, 0.3) is 0 Å². The van der Waals surface area contributed by atoms with E-state index in [0.717, 1.165) is 13.2 Å². The van der Waals surface area contributed by atoms with Crippen LogP contribution in [0, 0.1) is 0 Å². The van der Waals surface area contributed by atoms with Gasteiger partial charge < -0.3 is 10.1 Å². The van der Waals surface area contributed by atoms with Crippen LogP contribution in [0.4, 0.5) is 0 Å². The molecule has 16 heavy (non-hydrogen) atoms. The summed E-state index contributed by atoms with van der Waals surface area (Å²) in [4.78, 5) is 1.51. The van der Waals surface area contributed by atoms with Gasteiger partial charge in [-0.05, 0) is 49.6 Å². The molecule has 0 bridgehead atoms. The Morgan fingerprint density at radius 2 is 2.44 bits per heavy atom. The van der Waals surface area contributed by atoms with Crippen LogP contribution in [0.2, 0.25) is 0 Å². The highest BCUT2D eigenvalue weighted by atomic mass is 32.1. The summed E-state index contributed by atoms with van der Waals surface area (Å²) >= 11 is 1.88. The van der Waals surface area contributed by atoms with Gasteiger partial charge in [0.05, 0.1) is 11.6 Å². The smallest absolute Gasteiger partial charge is 0.0803 e. The molecule has 1 fully saturated rings. The number of ether oxygens (including phenoxy) is 1. The van der Waals surface area contributed by atoms with Crippen LogP contribution >= 0.6 is 11.3 Å². The van der Waals surface area contributed by atoms with Gasteiger partial charge in [-0.2, -0.15) is 0 Å². The molecule has 1 saturated heterocycles. The van der Waals surface area contributed by atoms with Crippen molar-refractivity contribution in [3.05, 3.63) is 21.9 Å². The zero-order valence-electron chi connectivity index (χ0n) is 9.79. The molecule has 2 atom stereocenters. The lowest BCUT2D eigenvalue weighted by molar-refractivity contribution is -0.0425. The molecule has 0 radical (unpaired) electrons. The molecule has 2 nitrogen and oxygen atoms in total. The van der Waals surface area contributed by atoms with Gasteiger partial charge in [-0.15, -0.1) is 11.3 Å². The molecular formula is C13H19NOS. The molecule has 3 heteroatoms. The quantitative estimate of drug-likeness (QED) is 0.811. The summed E-state index contributed by atoms with van der Waals surface area (Å²) in [5.74, 6) is 0. The monoisotopic (exact) mass is 237 g/mol. The molecule has 1 aromatic heterocycles. The molecule has 2 aliphatic rings. The Bertz CT molecular complexity index is 370. The van der Waals surface area contributed by atoms with Crippen molar-refractivity contribution in [1.82, 2.24) is 5.32 Å². The lowest BCUT2D eigenvalue weighted by Crippen LogP contribution is -2.54. The van der Waals surface area contributed by atoms with Gasteiger partial charge in [-0.1, -0.05) is 0 Å². The summed E-state index contributed by atoms with van der Waals surface area (Å²) in [6.45, 7) is 4.33. The van der Waals surface area contributed by atoms with E-state index in [1.807, 2.05) is 11.3 Å². The Morgan fingerprint density at radius 1 is 1.50 bits per heavy atom. The number of thiophene rings is 1. The third-order valence-electron chi connectivity index (χ3n) is 3.93. The lowest BCUT2D eigenvalue weighted by atomic mass is 9.83. The van der Waals surface area contributed by atoms with E-state index in [4.69, 9.17) is 4.74 Å². The van der Waals surface area contributed by atoms with Gasteiger partial charge in [-0.25, -0.2) is 0 Å². The van der Waals surface area contributed by atoms with Crippen molar-refractivity contribution in [1.29, 1.82) is 0 Å². The molecule has 88 valence electrons. The highest BCUT2D eigenvalue weighted by molar-refractivity contribution is 7.10. The van der Waals surface area contributed by atoms with E-state index in [2.05, 4.69) is 23.7 Å². The number of nitrogens with one attached hydrogen (secondary N) is 1. The maximum Gasteiger partial charge on any atom is 0.0803 e. The van der Waals surface area contributed by atoms with Crippen LogP contribution in [0.25, 0.3) is 0 Å². The molecule has 0 aliphatic carbocycles. The Balaban J connectivity index is 1.93. The number of rotatable bonds is 1. The predicted octanol–water partition coefficient (Wildman–Crippen LogP) is 2.68. The van der Waals surface area contributed by atoms with Crippen LogP contribution in [0.15, 0.2) is 11.4 Å². The minimum Gasteiger partial charge on any atom is -0.376 e. The Hall–Kier alpha value is -0.380. The maximum atomic E-state index is 5.99. The van der Waals surface area contributed by atoms with E-state index >= 15 is 0 Å². The molecular weight excluding hydrogens is 218 g/mol. The summed E-state index contributed by atoms with van der Waals surface area (Å²) in [5.41, 5.74) is 1.59. The minimum absolute atomic E-state index is 0.0577. The third kappa shape index (κ3) is 1.62. The SMILES string of the molecule is CC1(C2CCCCO2)NCCc2ccsc21. The average Bonchev–Trinajstić information content (AvgIpc) is 2.80. The van der Waals surface area contributed by atoms with E-state index < -0.39 is 0 Å². The van der Waals surface area contributed by atoms with Gasteiger partial charge in [-0.3, -0.25) is 0 Å². The van der Waals surface area contributed by atoms with Gasteiger partial charge in [0.1, 0.15) is 0 Å². The molecule has 0 spiro atoms. The van der Waals surface area contributed by atoms with E-state index in [1.54, 1.807) is 0 Å². The van der Waals surface area contributed by atoms with Crippen molar-refractivity contribution in [2.24, 2.45) is 0 Å². The standard InChI is InChI=1S/C13H19NOS/c1-13(11-4-2-3-8-15-11)12-10(5-7-14-13)6-9-16-12/h6,9,11,14H,2-5,7-8H2,1H3. The zero-order valence-corrected chi connectivity index (χ0v) is 10.6. The van der Waals surface area contributed by atoms with Crippen molar-refractivity contribution in [3.63, 3.8) is 0 Å². The van der Waals surface area contributed by atoms with Crippen molar-refractivity contribution in [2.45, 2.75) is 44.2 Å². The van der Waals surface area contributed by atoms with Crippen molar-refractivity contribution < 1.29 is 4.74 Å². The first kappa shape index (κ1) is 10.8. The Morgan fingerprint density at radius 3 is 3.25 bits per heavy atom. The van der Waals surface area contributed by atoms with Gasteiger partial charge >= 0.3 is 0 Å². The van der Waals surface area contributed by atoms with E-state index in [1.165, 1.54) is 36.1 Å². The minimum atomic E-state index is 0.0577. The molecule has 1 N–H and O–H groups in total. The van der Waals surface area contributed by atoms with Crippen LogP contribution < -0.4 is 5.32 Å². The van der Waals surface area contributed by atoms with E-state index in [-0.39, 0.29) is 5.54 Å². The second-order valence-corrected chi connectivity index (χ2v) is 5.93. The van der Waals surface area contributed by atoms with Crippen LogP contribution in [0.3, 0.4) is 0 Å². The van der Waals surface area contributed by atoms with Crippen LogP contribution in [-0.2, 0) is 16.7 Å². The first-order valence-electron chi connectivity index (χ1n) is 6.24. The first-order valence-corrected chi connectivity index (χ1v) is 7.12. The van der Waals surface area contributed by atoms with E-state index in [9.17, 15) is 0 Å². The second kappa shape index (κ2) is 4.13. The topological polar surface area (TPSA) is 21.3 Å². The molecule has 0 amide bonds. The summed E-state index contributed by atoms with van der Waals surface area (Å²) in [6, 6.07) is 2.28. The summed E-state index contributed by atoms with van der Waals surface area (Å²) in [6.07, 6.45) is 5.26. The Labute approximate surface area is 101 Å². The van der Waals surface area contributed by atoms with Gasteiger partial charge in [0.15, 0.2) is 0 Å². The fourth-order valence-electron chi connectivity index (χ4n) is 2.98. The molecule has 3 heterocycles. The maximum absolute atomic E-state index is 5.99. The molecule has 3 rings (SSSR count). The van der Waals surface area contributed by atoms with Crippen molar-refractivity contribution in [3.8, 4) is 0 Å². The second-order valence-electron chi connectivity index (χ2n) is 5.01. The fourth-order valence-corrected chi connectivity index (χ4v) is 4.12. The summed E-state index contributed by atoms with van der Waals surface area (Å²) in [5, 5.41) is 5.91. The lowest BCUT2D eigenvalue weighted by Gasteiger charge is -2.42. The molecule has 2 unspecified atom stereocenters.